The van der Waals surface area contributed by atoms with Crippen LogP contribution in [0, 0.1) is 11.8 Å². The van der Waals surface area contributed by atoms with Crippen molar-refractivity contribution < 1.29 is 9.53 Å². The van der Waals surface area contributed by atoms with Gasteiger partial charge in [-0.05, 0) is 38.5 Å². The number of rotatable bonds is 5. The zero-order valence-electron chi connectivity index (χ0n) is 17.5. The number of aromatic nitrogens is 2. The summed E-state index contributed by atoms with van der Waals surface area (Å²) in [5.41, 5.74) is 3.59. The maximum atomic E-state index is 12.6. The van der Waals surface area contributed by atoms with E-state index in [2.05, 4.69) is 22.3 Å². The molecule has 1 unspecified atom stereocenters. The molecule has 0 spiro atoms. The standard InChI is InChI=1S/C24H30N4O2/c29-24(25-15-17-11-14-30-16-17)19-9-12-28(13-10-19)23-20-7-4-8-21(20)26-22(27-23)18-5-2-1-3-6-18/h1-3,5-6,17,19H,4,7-16H2,(H,25,29). The van der Waals surface area contributed by atoms with Crippen LogP contribution in [0.4, 0.5) is 5.82 Å². The topological polar surface area (TPSA) is 67.3 Å². The highest BCUT2D eigenvalue weighted by molar-refractivity contribution is 5.79. The molecule has 2 saturated heterocycles. The number of hydrogen-bond acceptors (Lipinski definition) is 5. The smallest absolute Gasteiger partial charge is 0.223 e. The molecule has 6 heteroatoms. The summed E-state index contributed by atoms with van der Waals surface area (Å²) in [4.78, 5) is 24.9. The Balaban J connectivity index is 1.26. The monoisotopic (exact) mass is 406 g/mol. The van der Waals surface area contributed by atoms with Crippen molar-refractivity contribution in [1.29, 1.82) is 0 Å². The fraction of sp³-hybridized carbons (Fsp3) is 0.542. The van der Waals surface area contributed by atoms with Gasteiger partial charge in [0.05, 0.1) is 6.61 Å². The fourth-order valence-corrected chi connectivity index (χ4v) is 4.88. The van der Waals surface area contributed by atoms with Crippen molar-refractivity contribution in [3.63, 3.8) is 0 Å². The van der Waals surface area contributed by atoms with E-state index in [0.29, 0.717) is 5.92 Å². The Morgan fingerprint density at radius 1 is 1.10 bits per heavy atom. The van der Waals surface area contributed by atoms with Gasteiger partial charge in [0, 0.05) is 54.9 Å². The molecule has 5 rings (SSSR count). The average Bonchev–Trinajstić information content (AvgIpc) is 3.49. The molecular weight excluding hydrogens is 376 g/mol. The van der Waals surface area contributed by atoms with Gasteiger partial charge in [-0.25, -0.2) is 9.97 Å². The number of carbonyl (C=O) groups excluding carboxylic acids is 1. The van der Waals surface area contributed by atoms with Gasteiger partial charge in [0.15, 0.2) is 5.82 Å². The maximum absolute atomic E-state index is 12.6. The van der Waals surface area contributed by atoms with E-state index >= 15 is 0 Å². The second kappa shape index (κ2) is 8.72. The Labute approximate surface area is 178 Å². The zero-order chi connectivity index (χ0) is 20.3. The molecule has 1 N–H and O–H groups in total. The Kier molecular flexibility index (Phi) is 5.67. The lowest BCUT2D eigenvalue weighted by Crippen LogP contribution is -2.42. The minimum atomic E-state index is 0.104. The SMILES string of the molecule is O=C(NCC1CCOC1)C1CCN(c2nc(-c3ccccc3)nc3c2CCC3)CC1. The third-order valence-electron chi connectivity index (χ3n) is 6.70. The van der Waals surface area contributed by atoms with E-state index in [9.17, 15) is 4.79 Å². The van der Waals surface area contributed by atoms with E-state index in [1.807, 2.05) is 18.2 Å². The molecule has 1 aromatic carbocycles. The van der Waals surface area contributed by atoms with E-state index in [1.165, 1.54) is 11.3 Å². The lowest BCUT2D eigenvalue weighted by atomic mass is 9.95. The second-order valence-electron chi connectivity index (χ2n) is 8.75. The van der Waals surface area contributed by atoms with Crippen molar-refractivity contribution >= 4 is 11.7 Å². The summed E-state index contributed by atoms with van der Waals surface area (Å²) in [6.45, 7) is 4.11. The number of nitrogens with one attached hydrogen (secondary N) is 1. The summed E-state index contributed by atoms with van der Waals surface area (Å²) in [6, 6.07) is 10.2. The molecule has 1 atom stereocenters. The van der Waals surface area contributed by atoms with Gasteiger partial charge in [-0.15, -0.1) is 0 Å². The zero-order valence-corrected chi connectivity index (χ0v) is 17.5. The molecule has 0 bridgehead atoms. The average molecular weight is 407 g/mol. The molecule has 0 saturated carbocycles. The molecule has 3 aliphatic rings. The predicted molar refractivity (Wildman–Crippen MR) is 116 cm³/mol. The highest BCUT2D eigenvalue weighted by Crippen LogP contribution is 2.33. The summed E-state index contributed by atoms with van der Waals surface area (Å²) in [7, 11) is 0. The van der Waals surface area contributed by atoms with Crippen LogP contribution in [-0.2, 0) is 22.4 Å². The molecule has 1 aromatic heterocycles. The number of piperidine rings is 1. The fourth-order valence-electron chi connectivity index (χ4n) is 4.88. The van der Waals surface area contributed by atoms with Crippen molar-refractivity contribution in [3.05, 3.63) is 41.6 Å². The number of aryl methyl sites for hydroxylation is 1. The number of anilines is 1. The highest BCUT2D eigenvalue weighted by atomic mass is 16.5. The van der Waals surface area contributed by atoms with Gasteiger partial charge in [-0.1, -0.05) is 30.3 Å². The molecule has 30 heavy (non-hydrogen) atoms. The Bertz CT molecular complexity index is 888. The van der Waals surface area contributed by atoms with E-state index < -0.39 is 0 Å². The molecule has 6 nitrogen and oxygen atoms in total. The van der Waals surface area contributed by atoms with Crippen LogP contribution < -0.4 is 10.2 Å². The van der Waals surface area contributed by atoms with Crippen molar-refractivity contribution in [2.24, 2.45) is 11.8 Å². The van der Waals surface area contributed by atoms with Crippen LogP contribution in [0.5, 0.6) is 0 Å². The van der Waals surface area contributed by atoms with Crippen LogP contribution in [0.25, 0.3) is 11.4 Å². The van der Waals surface area contributed by atoms with Crippen LogP contribution in [0.15, 0.2) is 30.3 Å². The number of hydrogen-bond donors (Lipinski definition) is 1. The van der Waals surface area contributed by atoms with Gasteiger partial charge in [-0.3, -0.25) is 4.79 Å². The molecule has 158 valence electrons. The van der Waals surface area contributed by atoms with Gasteiger partial charge >= 0.3 is 0 Å². The first-order chi connectivity index (χ1) is 14.8. The highest BCUT2D eigenvalue weighted by Gasteiger charge is 2.29. The summed E-state index contributed by atoms with van der Waals surface area (Å²) in [5, 5.41) is 3.16. The van der Waals surface area contributed by atoms with E-state index in [1.54, 1.807) is 0 Å². The summed E-state index contributed by atoms with van der Waals surface area (Å²) < 4.78 is 5.41. The van der Waals surface area contributed by atoms with Gasteiger partial charge < -0.3 is 15.0 Å². The van der Waals surface area contributed by atoms with Gasteiger partial charge in [-0.2, -0.15) is 0 Å². The van der Waals surface area contributed by atoms with Gasteiger partial charge in [0.2, 0.25) is 5.91 Å². The Morgan fingerprint density at radius 3 is 2.70 bits per heavy atom. The third-order valence-corrected chi connectivity index (χ3v) is 6.70. The largest absolute Gasteiger partial charge is 0.381 e. The summed E-state index contributed by atoms with van der Waals surface area (Å²) in [5.74, 6) is 2.71. The Hall–Kier alpha value is -2.47. The molecular formula is C24H30N4O2. The summed E-state index contributed by atoms with van der Waals surface area (Å²) in [6.07, 6.45) is 6.07. The molecule has 3 heterocycles. The van der Waals surface area contributed by atoms with Gasteiger partial charge in [0.1, 0.15) is 5.82 Å². The van der Waals surface area contributed by atoms with Crippen molar-refractivity contribution in [1.82, 2.24) is 15.3 Å². The van der Waals surface area contributed by atoms with E-state index in [-0.39, 0.29) is 11.8 Å². The van der Waals surface area contributed by atoms with Crippen molar-refractivity contribution in [2.75, 3.05) is 37.7 Å². The Morgan fingerprint density at radius 2 is 1.93 bits per heavy atom. The number of ether oxygens (including phenoxy) is 1. The van der Waals surface area contributed by atoms with Crippen LogP contribution in [0.2, 0.25) is 0 Å². The van der Waals surface area contributed by atoms with Gasteiger partial charge in [0.25, 0.3) is 0 Å². The molecule has 0 radical (unpaired) electrons. The van der Waals surface area contributed by atoms with E-state index in [0.717, 1.165) is 88.6 Å². The molecule has 2 aliphatic heterocycles. The predicted octanol–water partition coefficient (Wildman–Crippen LogP) is 3.00. The van der Waals surface area contributed by atoms with Crippen LogP contribution in [-0.4, -0.2) is 48.7 Å². The lowest BCUT2D eigenvalue weighted by Gasteiger charge is -2.33. The minimum absolute atomic E-state index is 0.104. The number of fused-ring (bicyclic) bond motifs is 1. The molecule has 1 amide bonds. The minimum Gasteiger partial charge on any atom is -0.381 e. The number of carbonyl (C=O) groups is 1. The molecule has 1 aliphatic carbocycles. The van der Waals surface area contributed by atoms with Crippen LogP contribution in [0.1, 0.15) is 36.9 Å². The third kappa shape index (κ3) is 4.06. The summed E-state index contributed by atoms with van der Waals surface area (Å²) >= 11 is 0. The van der Waals surface area contributed by atoms with Crippen LogP contribution in [0.3, 0.4) is 0 Å². The quantitative estimate of drug-likeness (QED) is 0.827. The normalized spacial score (nSPS) is 21.6. The molecule has 2 aromatic rings. The van der Waals surface area contributed by atoms with Crippen LogP contribution >= 0.6 is 0 Å². The maximum Gasteiger partial charge on any atom is 0.223 e. The number of amides is 1. The number of nitrogens with zero attached hydrogens (tertiary/aromatic N) is 3. The lowest BCUT2D eigenvalue weighted by molar-refractivity contribution is -0.125. The van der Waals surface area contributed by atoms with Crippen molar-refractivity contribution in [3.8, 4) is 11.4 Å². The van der Waals surface area contributed by atoms with Crippen molar-refractivity contribution in [2.45, 2.75) is 38.5 Å². The first-order valence-corrected chi connectivity index (χ1v) is 11.3. The second-order valence-corrected chi connectivity index (χ2v) is 8.75. The van der Waals surface area contributed by atoms with E-state index in [4.69, 9.17) is 14.7 Å². The molecule has 2 fully saturated rings. The number of benzene rings is 1. The first-order valence-electron chi connectivity index (χ1n) is 11.3. The first kappa shape index (κ1) is 19.5.